The Hall–Kier alpha value is -3.46. The minimum Gasteiger partial charge on any atom is -0.488 e. The first-order valence-corrected chi connectivity index (χ1v) is 17.8. The van der Waals surface area contributed by atoms with Crippen LogP contribution in [0.25, 0.3) is 0 Å². The van der Waals surface area contributed by atoms with Gasteiger partial charge in [0.05, 0.1) is 25.0 Å². The molecule has 4 aromatic rings. The average molecular weight is 637 g/mol. The second-order valence-corrected chi connectivity index (χ2v) is 17.5. The standard InChI is InChI=1S/C36H45NO5S2/c1-10-27-11-19-34(20-12-27)44(38,39)42-43(31-21-13-28(14-22-31)37(8)9,32-23-15-29(16-24-32)40-35(2,3)4)33-25-17-30(18-26-33)41-36(5,6)7/h11-26H,10H2,1-9H3/p+1. The highest BCUT2D eigenvalue weighted by Crippen LogP contribution is 2.69. The fourth-order valence-corrected chi connectivity index (χ4v) is 10.1. The van der Waals surface area contributed by atoms with Gasteiger partial charge in [-0.15, -0.1) is 8.42 Å². The first-order chi connectivity index (χ1) is 20.5. The molecule has 0 aliphatic carbocycles. The van der Waals surface area contributed by atoms with E-state index in [4.69, 9.17) is 13.1 Å². The van der Waals surface area contributed by atoms with Crippen LogP contribution in [0.5, 0.6) is 11.5 Å². The summed E-state index contributed by atoms with van der Waals surface area (Å²) in [6, 6.07) is 30.3. The second kappa shape index (κ2) is 12.9. The fraction of sp³-hybridized carbons (Fsp3) is 0.333. The first-order valence-electron chi connectivity index (χ1n) is 14.8. The highest BCUT2D eigenvalue weighted by atomic mass is 32.3. The summed E-state index contributed by atoms with van der Waals surface area (Å²) in [5.41, 5.74) is 1.30. The molecule has 44 heavy (non-hydrogen) atoms. The van der Waals surface area contributed by atoms with E-state index in [1.807, 2.05) is 152 Å². The number of hydrogen-bond donors (Lipinski definition) is 0. The molecule has 0 saturated heterocycles. The summed E-state index contributed by atoms with van der Waals surface area (Å²) in [7, 11) is -2.86. The molecule has 1 N–H and O–H groups in total. The van der Waals surface area contributed by atoms with E-state index < -0.39 is 20.4 Å². The molecule has 0 aliphatic rings. The van der Waals surface area contributed by atoms with Crippen molar-refractivity contribution in [1.29, 1.82) is 0 Å². The van der Waals surface area contributed by atoms with E-state index in [0.29, 0.717) is 11.5 Å². The molecule has 0 bridgehead atoms. The molecule has 0 unspecified atom stereocenters. The highest BCUT2D eigenvalue weighted by Gasteiger charge is 2.44. The van der Waals surface area contributed by atoms with Crippen molar-refractivity contribution in [3.8, 4) is 11.5 Å². The molecule has 0 spiro atoms. The van der Waals surface area contributed by atoms with Gasteiger partial charge < -0.3 is 14.4 Å². The normalized spacial score (nSPS) is 12.9. The molecule has 236 valence electrons. The van der Waals surface area contributed by atoms with Gasteiger partial charge in [0.25, 0.3) is 0 Å². The van der Waals surface area contributed by atoms with Crippen molar-refractivity contribution < 1.29 is 21.5 Å². The van der Waals surface area contributed by atoms with Gasteiger partial charge in [0.1, 0.15) is 27.6 Å². The minimum absolute atomic E-state index is 0.164. The van der Waals surface area contributed by atoms with Crippen LogP contribution in [-0.4, -0.2) is 37.3 Å². The maximum atomic E-state index is 14.2. The number of benzene rings is 4. The molecule has 0 aromatic heterocycles. The van der Waals surface area contributed by atoms with Crippen LogP contribution < -0.4 is 14.4 Å². The van der Waals surface area contributed by atoms with E-state index in [1.54, 1.807) is 12.1 Å². The monoisotopic (exact) mass is 636 g/mol. The zero-order valence-corrected chi connectivity index (χ0v) is 28.9. The van der Waals surface area contributed by atoms with Gasteiger partial charge >= 0.3 is 10.1 Å². The third kappa shape index (κ3) is 7.97. The van der Waals surface area contributed by atoms with Crippen molar-refractivity contribution in [3.05, 3.63) is 103 Å². The third-order valence-electron chi connectivity index (χ3n) is 6.71. The molecular weight excluding hydrogens is 591 g/mol. The van der Waals surface area contributed by atoms with Gasteiger partial charge in [0.15, 0.2) is 0 Å². The predicted octanol–water partition coefficient (Wildman–Crippen LogP) is 9.35. The Morgan fingerprint density at radius 3 is 1.30 bits per heavy atom. The van der Waals surface area contributed by atoms with Crippen LogP contribution in [0.4, 0.5) is 5.69 Å². The number of ether oxygens (including phenoxy) is 2. The number of hydrogen-bond acceptors (Lipinski definition) is 5. The summed E-state index contributed by atoms with van der Waals surface area (Å²) in [6.07, 6.45) is 0.816. The molecule has 8 heteroatoms. The molecule has 0 atom stereocenters. The first kappa shape index (κ1) is 33.4. The van der Waals surface area contributed by atoms with Crippen molar-refractivity contribution >= 4 is 26.1 Å². The van der Waals surface area contributed by atoms with Crippen molar-refractivity contribution in [2.45, 2.75) is 85.7 Å². The molecule has 0 saturated carbocycles. The van der Waals surface area contributed by atoms with Crippen LogP contribution in [0, 0.1) is 0 Å². The maximum absolute atomic E-state index is 14.2. The van der Waals surface area contributed by atoms with E-state index in [0.717, 1.165) is 32.4 Å². The number of anilines is 1. The fourth-order valence-electron chi connectivity index (χ4n) is 4.68. The van der Waals surface area contributed by atoms with Crippen molar-refractivity contribution in [2.24, 2.45) is 0 Å². The molecule has 0 radical (unpaired) electrons. The Balaban J connectivity index is 1.98. The smallest absolute Gasteiger partial charge is 0.422 e. The zero-order chi connectivity index (χ0) is 32.3. The summed E-state index contributed by atoms with van der Waals surface area (Å²) in [4.78, 5) is 4.52. The summed E-state index contributed by atoms with van der Waals surface area (Å²) < 4.78 is 45.6. The average Bonchev–Trinajstić information content (AvgIpc) is 2.95. The third-order valence-corrected chi connectivity index (χ3v) is 12.1. The minimum atomic E-state index is -4.10. The molecule has 0 heterocycles. The zero-order valence-electron chi connectivity index (χ0n) is 27.3. The van der Waals surface area contributed by atoms with Gasteiger partial charge in [-0.3, -0.25) is 3.63 Å². The summed E-state index contributed by atoms with van der Waals surface area (Å²) in [5, 5.41) is 0. The Morgan fingerprint density at radius 2 is 0.955 bits per heavy atom. The predicted molar refractivity (Wildman–Crippen MR) is 182 cm³/mol. The van der Waals surface area contributed by atoms with Gasteiger partial charge in [0.2, 0.25) is 0 Å². The van der Waals surface area contributed by atoms with Crippen LogP contribution in [0.2, 0.25) is 0 Å². The lowest BCUT2D eigenvalue weighted by Crippen LogP contribution is -2.23. The largest absolute Gasteiger partial charge is 0.488 e. The van der Waals surface area contributed by atoms with Crippen LogP contribution in [-0.2, 0) is 16.5 Å². The second-order valence-electron chi connectivity index (χ2n) is 12.9. The number of aryl methyl sites for hydroxylation is 1. The van der Waals surface area contributed by atoms with Crippen molar-refractivity contribution in [2.75, 3.05) is 19.0 Å². The van der Waals surface area contributed by atoms with Gasteiger partial charge in [0, 0.05) is 19.8 Å². The number of nitrogens with zero attached hydrogens (tertiary/aromatic N) is 1. The van der Waals surface area contributed by atoms with E-state index in [2.05, 4.69) is 0 Å². The van der Waals surface area contributed by atoms with Gasteiger partial charge in [-0.05, 0) is 138 Å². The lowest BCUT2D eigenvalue weighted by molar-refractivity contribution is 0.130. The summed E-state index contributed by atoms with van der Waals surface area (Å²) in [5.74, 6) is 1.40. The van der Waals surface area contributed by atoms with Crippen molar-refractivity contribution in [1.82, 2.24) is 0 Å². The van der Waals surface area contributed by atoms with Crippen molar-refractivity contribution in [3.63, 3.8) is 0 Å². The van der Waals surface area contributed by atoms with Crippen LogP contribution in [0.3, 0.4) is 0 Å². The Bertz CT molecular complexity index is 1570. The topological polar surface area (TPSA) is 68.6 Å². The molecule has 4 aromatic carbocycles. The SMILES string of the molecule is CCc1ccc(S(=O)(=O)[OH+]S(c2ccc(OC(C)(C)C)cc2)(c2ccc(OC(C)(C)C)cc2)c2ccc(N(C)C)cc2)cc1. The quantitative estimate of drug-likeness (QED) is 0.128. The molecular formula is C36H46NO5S2+. The molecule has 0 aliphatic heterocycles. The highest BCUT2D eigenvalue weighted by molar-refractivity contribution is 8.32. The van der Waals surface area contributed by atoms with E-state index in [-0.39, 0.29) is 16.1 Å². The Morgan fingerprint density at radius 1 is 0.591 bits per heavy atom. The molecule has 4 rings (SSSR count). The molecule has 0 fully saturated rings. The lowest BCUT2D eigenvalue weighted by Gasteiger charge is -2.35. The van der Waals surface area contributed by atoms with Crippen LogP contribution in [0.15, 0.2) is 117 Å². The summed E-state index contributed by atoms with van der Waals surface area (Å²) >= 11 is 0. The Kier molecular flexibility index (Phi) is 9.78. The Labute approximate surface area is 265 Å². The maximum Gasteiger partial charge on any atom is 0.422 e. The van der Waals surface area contributed by atoms with Gasteiger partial charge in [-0.2, -0.15) is 0 Å². The number of rotatable bonds is 10. The van der Waals surface area contributed by atoms with Gasteiger partial charge in [-0.25, -0.2) is 0 Å². The summed E-state index contributed by atoms with van der Waals surface area (Å²) in [6.45, 7) is 14.0. The van der Waals surface area contributed by atoms with Gasteiger partial charge in [-0.1, -0.05) is 19.1 Å². The van der Waals surface area contributed by atoms with E-state index >= 15 is 0 Å². The van der Waals surface area contributed by atoms with Crippen LogP contribution >= 0.6 is 10.3 Å². The van der Waals surface area contributed by atoms with E-state index in [1.165, 1.54) is 0 Å². The molecule has 0 amide bonds. The van der Waals surface area contributed by atoms with E-state index in [9.17, 15) is 8.42 Å². The lowest BCUT2D eigenvalue weighted by atomic mass is 10.2. The molecule has 6 nitrogen and oxygen atoms in total. The van der Waals surface area contributed by atoms with Crippen LogP contribution in [0.1, 0.15) is 54.0 Å².